The summed E-state index contributed by atoms with van der Waals surface area (Å²) in [6, 6.07) is 9.03. The highest BCUT2D eigenvalue weighted by Crippen LogP contribution is 2.48. The van der Waals surface area contributed by atoms with Gasteiger partial charge in [-0.25, -0.2) is 19.5 Å². The van der Waals surface area contributed by atoms with Crippen LogP contribution in [-0.2, 0) is 25.1 Å². The van der Waals surface area contributed by atoms with Crippen LogP contribution >= 0.6 is 7.60 Å². The molecular formula is C34H56N5O5P. The average molecular weight is 646 g/mol. The number of fused-ring (bicyclic) bond motifs is 1. The van der Waals surface area contributed by atoms with Crippen molar-refractivity contribution in [3.8, 4) is 5.75 Å². The van der Waals surface area contributed by atoms with Crippen LogP contribution in [0, 0.1) is 0 Å². The average Bonchev–Trinajstić information content (AvgIpc) is 3.45. The smallest absolute Gasteiger partial charge is 0.404 e. The Hall–Kier alpha value is -2.52. The second-order valence-corrected chi connectivity index (χ2v) is 13.8. The number of nitrogens with zero attached hydrogens (tertiary/aromatic N) is 4. The van der Waals surface area contributed by atoms with Crippen LogP contribution in [0.4, 0.5) is 5.82 Å². The van der Waals surface area contributed by atoms with Gasteiger partial charge in [0, 0.05) is 13.2 Å². The number of imidazole rings is 1. The number of para-hydroxylation sites is 1. The van der Waals surface area contributed by atoms with Crippen LogP contribution in [0.5, 0.6) is 5.75 Å². The number of hydrogen-bond acceptors (Lipinski definition) is 9. The first-order chi connectivity index (χ1) is 22.0. The first kappa shape index (κ1) is 36.9. The Balaban J connectivity index is 1.26. The van der Waals surface area contributed by atoms with Gasteiger partial charge in [-0.2, -0.15) is 0 Å². The number of anilines is 1. The Morgan fingerprint density at radius 1 is 0.800 bits per heavy atom. The van der Waals surface area contributed by atoms with Crippen LogP contribution < -0.4 is 10.3 Å². The van der Waals surface area contributed by atoms with Crippen LogP contribution in [0.1, 0.15) is 110 Å². The predicted octanol–water partition coefficient (Wildman–Crippen LogP) is 8.95. The Kier molecular flexibility index (Phi) is 18.1. The van der Waals surface area contributed by atoms with Gasteiger partial charge in [-0.3, -0.25) is 4.52 Å². The van der Waals surface area contributed by atoms with Crippen molar-refractivity contribution >= 4 is 24.6 Å². The molecule has 0 aliphatic heterocycles. The van der Waals surface area contributed by atoms with Gasteiger partial charge in [-0.15, -0.1) is 0 Å². The summed E-state index contributed by atoms with van der Waals surface area (Å²) >= 11 is 0. The molecule has 2 aromatic heterocycles. The third kappa shape index (κ3) is 15.1. The normalized spacial score (nSPS) is 13.6. The molecule has 1 aromatic carbocycles. The van der Waals surface area contributed by atoms with E-state index in [0.29, 0.717) is 42.3 Å². The van der Waals surface area contributed by atoms with Crippen LogP contribution in [0.2, 0.25) is 0 Å². The van der Waals surface area contributed by atoms with Gasteiger partial charge in [0.25, 0.3) is 0 Å². The van der Waals surface area contributed by atoms with Crippen molar-refractivity contribution in [2.45, 2.75) is 123 Å². The van der Waals surface area contributed by atoms with Crippen LogP contribution in [0.3, 0.4) is 0 Å². The van der Waals surface area contributed by atoms with Gasteiger partial charge in [0.05, 0.1) is 25.6 Å². The van der Waals surface area contributed by atoms with Crippen LogP contribution in [-0.4, -0.2) is 51.8 Å². The van der Waals surface area contributed by atoms with Crippen molar-refractivity contribution in [2.75, 3.05) is 31.9 Å². The van der Waals surface area contributed by atoms with Crippen LogP contribution in [0.25, 0.3) is 11.2 Å². The molecule has 0 spiro atoms. The molecule has 2 N–H and O–H groups in total. The maximum Gasteiger partial charge on any atom is 0.404 e. The van der Waals surface area contributed by atoms with Gasteiger partial charge in [0.1, 0.15) is 17.6 Å². The van der Waals surface area contributed by atoms with Crippen molar-refractivity contribution in [3.63, 3.8) is 0 Å². The van der Waals surface area contributed by atoms with Crippen LogP contribution in [0.15, 0.2) is 43.0 Å². The van der Waals surface area contributed by atoms with Crippen molar-refractivity contribution in [1.29, 1.82) is 0 Å². The molecule has 3 aromatic rings. The fraction of sp³-hybridized carbons (Fsp3) is 0.676. The topological polar surface area (TPSA) is 124 Å². The molecule has 252 valence electrons. The van der Waals surface area contributed by atoms with E-state index in [4.69, 9.17) is 24.3 Å². The standard InChI is InChI=1S/C34H56N5O5P/c1-3-4-5-6-7-8-9-10-11-12-13-14-15-19-23-41-24-20-25-43-45(40,44-31-21-17-16-18-22-31)29-42-30(2)26-39-28-38-32-33(35)36-27-37-34(32)39/h16-18,21-22,27-28,30H,3-15,19-20,23-26,29H2,1-2H3,(H2,35,36,37). The lowest BCUT2D eigenvalue weighted by atomic mass is 10.0. The minimum Gasteiger partial charge on any atom is -0.423 e. The molecule has 0 saturated heterocycles. The maximum atomic E-state index is 13.7. The highest BCUT2D eigenvalue weighted by atomic mass is 31.2. The molecular weight excluding hydrogens is 589 g/mol. The Morgan fingerprint density at radius 3 is 2.09 bits per heavy atom. The Morgan fingerprint density at radius 2 is 1.42 bits per heavy atom. The van der Waals surface area contributed by atoms with E-state index in [1.54, 1.807) is 18.5 Å². The van der Waals surface area contributed by atoms with Gasteiger partial charge in [-0.05, 0) is 31.9 Å². The lowest BCUT2D eigenvalue weighted by Crippen LogP contribution is -2.19. The highest BCUT2D eigenvalue weighted by molar-refractivity contribution is 7.54. The van der Waals surface area contributed by atoms with E-state index in [0.717, 1.165) is 13.0 Å². The van der Waals surface area contributed by atoms with Crippen molar-refractivity contribution in [3.05, 3.63) is 43.0 Å². The van der Waals surface area contributed by atoms with E-state index >= 15 is 0 Å². The monoisotopic (exact) mass is 645 g/mol. The van der Waals surface area contributed by atoms with E-state index < -0.39 is 7.60 Å². The zero-order chi connectivity index (χ0) is 32.0. The molecule has 0 radical (unpaired) electrons. The van der Waals surface area contributed by atoms with Gasteiger partial charge in [0.2, 0.25) is 0 Å². The third-order valence-electron chi connectivity index (χ3n) is 7.75. The summed E-state index contributed by atoms with van der Waals surface area (Å²) < 4.78 is 38.9. The fourth-order valence-corrected chi connectivity index (χ4v) is 6.65. The quantitative estimate of drug-likeness (QED) is 0.0639. The molecule has 45 heavy (non-hydrogen) atoms. The van der Waals surface area contributed by atoms with Gasteiger partial charge in [0.15, 0.2) is 17.8 Å². The number of ether oxygens (including phenoxy) is 2. The lowest BCUT2D eigenvalue weighted by Gasteiger charge is -2.22. The molecule has 0 amide bonds. The third-order valence-corrected chi connectivity index (χ3v) is 9.28. The number of nitrogen functional groups attached to an aromatic ring is 1. The zero-order valence-corrected chi connectivity index (χ0v) is 28.5. The number of rotatable bonds is 27. The van der Waals surface area contributed by atoms with E-state index in [1.165, 1.54) is 89.8 Å². The first-order valence-corrected chi connectivity index (χ1v) is 18.8. The van der Waals surface area contributed by atoms with E-state index in [1.807, 2.05) is 29.7 Å². The molecule has 3 rings (SSSR count). The van der Waals surface area contributed by atoms with Crippen molar-refractivity contribution in [2.24, 2.45) is 0 Å². The molecule has 2 atom stereocenters. The second kappa shape index (κ2) is 22.1. The fourth-order valence-electron chi connectivity index (χ4n) is 5.18. The summed E-state index contributed by atoms with van der Waals surface area (Å²) in [6.45, 7) is 6.15. The van der Waals surface area contributed by atoms with Gasteiger partial charge >= 0.3 is 7.60 Å². The number of nitrogens with two attached hydrogens (primary N) is 1. The molecule has 0 aliphatic carbocycles. The number of aromatic nitrogens is 4. The van der Waals surface area contributed by atoms with Crippen molar-refractivity contribution < 1.29 is 23.1 Å². The first-order valence-electron chi connectivity index (χ1n) is 17.1. The Bertz CT molecular complexity index is 1230. The van der Waals surface area contributed by atoms with Gasteiger partial charge in [-0.1, -0.05) is 109 Å². The molecule has 11 heteroatoms. The summed E-state index contributed by atoms with van der Waals surface area (Å²) in [5.74, 6) is 0.795. The van der Waals surface area contributed by atoms with Crippen molar-refractivity contribution in [1.82, 2.24) is 19.5 Å². The largest absolute Gasteiger partial charge is 0.423 e. The number of benzene rings is 1. The van der Waals surface area contributed by atoms with E-state index in [-0.39, 0.29) is 19.1 Å². The lowest BCUT2D eigenvalue weighted by molar-refractivity contribution is 0.0700. The summed E-state index contributed by atoms with van der Waals surface area (Å²) in [7, 11) is -3.58. The van der Waals surface area contributed by atoms with E-state index in [9.17, 15) is 4.57 Å². The number of unbranched alkanes of at least 4 members (excludes halogenated alkanes) is 13. The predicted molar refractivity (Wildman–Crippen MR) is 182 cm³/mol. The second-order valence-electron chi connectivity index (χ2n) is 11.8. The summed E-state index contributed by atoms with van der Waals surface area (Å²) in [5.41, 5.74) is 7.05. The maximum absolute atomic E-state index is 13.7. The SMILES string of the molecule is CCCCCCCCCCCCCCCCOCCCOP(=O)(COC(C)Cn1cnc2c(N)ncnc21)Oc1ccccc1. The summed E-state index contributed by atoms with van der Waals surface area (Å²) in [5, 5.41) is 0. The minimum atomic E-state index is -3.58. The summed E-state index contributed by atoms with van der Waals surface area (Å²) in [4.78, 5) is 12.5. The molecule has 0 aliphatic rings. The van der Waals surface area contributed by atoms with Gasteiger partial charge < -0.3 is 24.3 Å². The summed E-state index contributed by atoms with van der Waals surface area (Å²) in [6.07, 6.45) is 22.0. The van der Waals surface area contributed by atoms with E-state index in [2.05, 4.69) is 21.9 Å². The number of hydrogen-bond donors (Lipinski definition) is 1. The molecule has 2 heterocycles. The molecule has 2 unspecified atom stereocenters. The molecule has 10 nitrogen and oxygen atoms in total. The molecule has 0 fully saturated rings. The Labute approximate surface area is 270 Å². The highest BCUT2D eigenvalue weighted by Gasteiger charge is 2.28. The molecule has 0 saturated carbocycles. The minimum absolute atomic E-state index is 0.188. The molecule has 0 bridgehead atoms. The zero-order valence-electron chi connectivity index (χ0n) is 27.6.